The molecule has 0 spiro atoms. The van der Waals surface area contributed by atoms with E-state index in [0.717, 1.165) is 32.4 Å². The summed E-state index contributed by atoms with van der Waals surface area (Å²) in [7, 11) is 0. The Morgan fingerprint density at radius 3 is 2.12 bits per heavy atom. The Morgan fingerprint density at radius 1 is 0.844 bits per heavy atom. The predicted octanol–water partition coefficient (Wildman–Crippen LogP) is 4.80. The second-order valence-electron chi connectivity index (χ2n) is 8.15. The Bertz CT molecular complexity index is 1010. The Hall–Kier alpha value is -3.60. The van der Waals surface area contributed by atoms with E-state index in [-0.39, 0.29) is 18.4 Å². The van der Waals surface area contributed by atoms with Crippen LogP contribution < -0.4 is 10.1 Å². The Kier molecular flexibility index (Phi) is 7.18. The molecule has 1 saturated heterocycles. The fourth-order valence-electron chi connectivity index (χ4n) is 4.00. The van der Waals surface area contributed by atoms with Crippen LogP contribution in [0.3, 0.4) is 0 Å². The number of carbonyl (C=O) groups excluding carboxylic acids is 2. The standard InChI is InChI=1S/C27H28N2O3/c30-26(29-17-15-22(16-18-29)19-21-7-3-1-4-8-21)20-32-25-13-11-24(12-14-25)28-27(31)23-9-5-2-6-10-23/h1-14,22H,15-20H2,(H,28,31). The fourth-order valence-corrected chi connectivity index (χ4v) is 4.00. The number of likely N-dealkylation sites (tertiary alicyclic amines) is 1. The SMILES string of the molecule is O=C(Nc1ccc(OCC(=O)N2CCC(Cc3ccccc3)CC2)cc1)c1ccccc1. The predicted molar refractivity (Wildman–Crippen MR) is 126 cm³/mol. The third-order valence-electron chi connectivity index (χ3n) is 5.84. The quantitative estimate of drug-likeness (QED) is 0.588. The Morgan fingerprint density at radius 2 is 1.47 bits per heavy atom. The van der Waals surface area contributed by atoms with Crippen LogP contribution in [0.15, 0.2) is 84.9 Å². The van der Waals surface area contributed by atoms with Crippen LogP contribution in [0.5, 0.6) is 5.75 Å². The average Bonchev–Trinajstić information content (AvgIpc) is 2.85. The second kappa shape index (κ2) is 10.6. The lowest BCUT2D eigenvalue weighted by atomic mass is 9.90. The van der Waals surface area contributed by atoms with Gasteiger partial charge in [-0.15, -0.1) is 0 Å². The summed E-state index contributed by atoms with van der Waals surface area (Å²) in [5, 5.41) is 2.85. The molecule has 4 rings (SSSR count). The number of rotatable bonds is 7. The summed E-state index contributed by atoms with van der Waals surface area (Å²) >= 11 is 0. The van der Waals surface area contributed by atoms with Gasteiger partial charge in [-0.3, -0.25) is 9.59 Å². The minimum Gasteiger partial charge on any atom is -0.484 e. The maximum atomic E-state index is 12.5. The number of carbonyl (C=O) groups is 2. The van der Waals surface area contributed by atoms with E-state index in [4.69, 9.17) is 4.74 Å². The first-order valence-corrected chi connectivity index (χ1v) is 11.1. The molecule has 3 aromatic rings. The van der Waals surface area contributed by atoms with Gasteiger partial charge in [-0.1, -0.05) is 48.5 Å². The van der Waals surface area contributed by atoms with Crippen molar-refractivity contribution in [2.24, 2.45) is 5.92 Å². The molecule has 32 heavy (non-hydrogen) atoms. The number of hydrogen-bond acceptors (Lipinski definition) is 3. The van der Waals surface area contributed by atoms with Crippen molar-refractivity contribution in [3.8, 4) is 5.75 Å². The van der Waals surface area contributed by atoms with Crippen molar-refractivity contribution < 1.29 is 14.3 Å². The number of amides is 2. The molecular formula is C27H28N2O3. The lowest BCUT2D eigenvalue weighted by molar-refractivity contribution is -0.134. The first-order valence-electron chi connectivity index (χ1n) is 11.1. The summed E-state index contributed by atoms with van der Waals surface area (Å²) in [4.78, 5) is 26.7. The monoisotopic (exact) mass is 428 g/mol. The highest BCUT2D eigenvalue weighted by Crippen LogP contribution is 2.22. The van der Waals surface area contributed by atoms with Crippen molar-refractivity contribution in [2.75, 3.05) is 25.0 Å². The lowest BCUT2D eigenvalue weighted by Gasteiger charge is -2.32. The highest BCUT2D eigenvalue weighted by Gasteiger charge is 2.23. The Labute approximate surface area is 189 Å². The molecule has 0 saturated carbocycles. The molecular weight excluding hydrogens is 400 g/mol. The molecule has 5 heteroatoms. The largest absolute Gasteiger partial charge is 0.484 e. The normalized spacial score (nSPS) is 14.1. The maximum absolute atomic E-state index is 12.5. The van der Waals surface area contributed by atoms with Crippen LogP contribution in [0, 0.1) is 5.92 Å². The zero-order chi connectivity index (χ0) is 22.2. The maximum Gasteiger partial charge on any atom is 0.260 e. The molecule has 0 aliphatic carbocycles. The number of nitrogens with zero attached hydrogens (tertiary/aromatic N) is 1. The number of piperidine rings is 1. The first kappa shape index (κ1) is 21.6. The molecule has 164 valence electrons. The topological polar surface area (TPSA) is 58.6 Å². The molecule has 1 aliphatic heterocycles. The van der Waals surface area contributed by atoms with Crippen molar-refractivity contribution in [3.05, 3.63) is 96.1 Å². The molecule has 0 unspecified atom stereocenters. The summed E-state index contributed by atoms with van der Waals surface area (Å²) in [6.07, 6.45) is 3.12. The van der Waals surface area contributed by atoms with Gasteiger partial charge in [0.2, 0.25) is 0 Å². The van der Waals surface area contributed by atoms with E-state index in [9.17, 15) is 9.59 Å². The van der Waals surface area contributed by atoms with E-state index in [1.807, 2.05) is 29.2 Å². The second-order valence-corrected chi connectivity index (χ2v) is 8.15. The third kappa shape index (κ3) is 5.97. The molecule has 1 heterocycles. The van der Waals surface area contributed by atoms with Gasteiger partial charge in [0.1, 0.15) is 5.75 Å². The first-order chi connectivity index (χ1) is 15.7. The van der Waals surface area contributed by atoms with Gasteiger partial charge in [0.25, 0.3) is 11.8 Å². The van der Waals surface area contributed by atoms with Gasteiger partial charge in [0.15, 0.2) is 6.61 Å². The zero-order valence-corrected chi connectivity index (χ0v) is 18.1. The van der Waals surface area contributed by atoms with E-state index in [2.05, 4.69) is 29.6 Å². The molecule has 1 aliphatic rings. The molecule has 0 bridgehead atoms. The van der Waals surface area contributed by atoms with Gasteiger partial charge in [0.05, 0.1) is 0 Å². The highest BCUT2D eigenvalue weighted by atomic mass is 16.5. The molecule has 1 fully saturated rings. The Balaban J connectivity index is 1.20. The van der Waals surface area contributed by atoms with Crippen LogP contribution in [0.1, 0.15) is 28.8 Å². The van der Waals surface area contributed by atoms with Gasteiger partial charge in [0, 0.05) is 24.3 Å². The van der Waals surface area contributed by atoms with Gasteiger partial charge >= 0.3 is 0 Å². The van der Waals surface area contributed by atoms with Gasteiger partial charge < -0.3 is 15.0 Å². The van der Waals surface area contributed by atoms with Crippen LogP contribution >= 0.6 is 0 Å². The van der Waals surface area contributed by atoms with Gasteiger partial charge in [-0.25, -0.2) is 0 Å². The minimum atomic E-state index is -0.162. The molecule has 1 N–H and O–H groups in total. The lowest BCUT2D eigenvalue weighted by Crippen LogP contribution is -2.41. The van der Waals surface area contributed by atoms with E-state index >= 15 is 0 Å². The van der Waals surface area contributed by atoms with Crippen molar-refractivity contribution >= 4 is 17.5 Å². The van der Waals surface area contributed by atoms with Gasteiger partial charge in [-0.2, -0.15) is 0 Å². The van der Waals surface area contributed by atoms with Crippen molar-refractivity contribution in [1.29, 1.82) is 0 Å². The van der Waals surface area contributed by atoms with E-state index in [1.54, 1.807) is 36.4 Å². The molecule has 0 aromatic heterocycles. The highest BCUT2D eigenvalue weighted by molar-refractivity contribution is 6.04. The summed E-state index contributed by atoms with van der Waals surface area (Å²) < 4.78 is 5.68. The van der Waals surface area contributed by atoms with Crippen molar-refractivity contribution in [2.45, 2.75) is 19.3 Å². The zero-order valence-electron chi connectivity index (χ0n) is 18.1. The number of hydrogen-bond donors (Lipinski definition) is 1. The number of anilines is 1. The number of nitrogens with one attached hydrogen (secondary N) is 1. The molecule has 5 nitrogen and oxygen atoms in total. The molecule has 3 aromatic carbocycles. The van der Waals surface area contributed by atoms with Crippen LogP contribution in [-0.4, -0.2) is 36.4 Å². The summed E-state index contributed by atoms with van der Waals surface area (Å²) in [6, 6.07) is 26.7. The fraction of sp³-hybridized carbons (Fsp3) is 0.259. The van der Waals surface area contributed by atoms with E-state index in [1.165, 1.54) is 5.56 Å². The van der Waals surface area contributed by atoms with Crippen LogP contribution in [0.2, 0.25) is 0 Å². The smallest absolute Gasteiger partial charge is 0.260 e. The van der Waals surface area contributed by atoms with Gasteiger partial charge in [-0.05, 0) is 67.1 Å². The molecule has 0 radical (unpaired) electrons. The van der Waals surface area contributed by atoms with E-state index in [0.29, 0.717) is 22.9 Å². The minimum absolute atomic E-state index is 0.0182. The van der Waals surface area contributed by atoms with E-state index < -0.39 is 0 Å². The summed E-state index contributed by atoms with van der Waals surface area (Å²) in [5.74, 6) is 1.09. The van der Waals surface area contributed by atoms with Crippen LogP contribution in [0.4, 0.5) is 5.69 Å². The number of benzene rings is 3. The average molecular weight is 429 g/mol. The third-order valence-corrected chi connectivity index (χ3v) is 5.84. The van der Waals surface area contributed by atoms with Crippen molar-refractivity contribution in [3.63, 3.8) is 0 Å². The van der Waals surface area contributed by atoms with Crippen molar-refractivity contribution in [1.82, 2.24) is 4.90 Å². The van der Waals surface area contributed by atoms with Crippen LogP contribution in [0.25, 0.3) is 0 Å². The summed E-state index contributed by atoms with van der Waals surface area (Å²) in [5.41, 5.74) is 2.65. The summed E-state index contributed by atoms with van der Waals surface area (Å²) in [6.45, 7) is 1.59. The van der Waals surface area contributed by atoms with Crippen LogP contribution in [-0.2, 0) is 11.2 Å². The number of ether oxygens (including phenoxy) is 1. The molecule has 2 amide bonds. The molecule has 0 atom stereocenters.